The number of nitrogens with one attached hydrogen (secondary N) is 2. The van der Waals surface area contributed by atoms with Gasteiger partial charge in [-0.15, -0.1) is 22.7 Å². The number of thiophene rings is 2. The summed E-state index contributed by atoms with van der Waals surface area (Å²) in [4.78, 5) is 38.0. The summed E-state index contributed by atoms with van der Waals surface area (Å²) in [7, 11) is 0. The van der Waals surface area contributed by atoms with Crippen molar-refractivity contribution in [1.82, 2.24) is 5.32 Å². The molecule has 0 radical (unpaired) electrons. The topological polar surface area (TPSA) is 84.5 Å². The van der Waals surface area contributed by atoms with Crippen LogP contribution in [0.4, 0.5) is 9.80 Å². The van der Waals surface area contributed by atoms with Gasteiger partial charge in [0.15, 0.2) is 0 Å². The summed E-state index contributed by atoms with van der Waals surface area (Å²) in [6.07, 6.45) is 3.57. The summed E-state index contributed by atoms with van der Waals surface area (Å²) in [5.41, 5.74) is 1.50. The van der Waals surface area contributed by atoms with Crippen LogP contribution in [0, 0.1) is 0 Å². The Kier molecular flexibility index (Phi) is 5.50. The second kappa shape index (κ2) is 7.79. The Hall–Kier alpha value is -2.19. The zero-order chi connectivity index (χ0) is 17.8. The number of hydrogen-bond acceptors (Lipinski definition) is 6. The molecule has 2 N–H and O–H groups in total. The maximum Gasteiger partial charge on any atom is 0.414 e. The van der Waals surface area contributed by atoms with Gasteiger partial charge in [-0.25, -0.2) is 4.79 Å². The van der Waals surface area contributed by atoms with Crippen LogP contribution in [0.15, 0.2) is 17.5 Å². The normalized spacial score (nSPS) is 13.0. The average Bonchev–Trinajstić information content (AvgIpc) is 3.21. The number of carbonyl (C=O) groups is 3. The van der Waals surface area contributed by atoms with Crippen molar-refractivity contribution in [2.75, 3.05) is 11.9 Å². The van der Waals surface area contributed by atoms with Crippen molar-refractivity contribution in [3.05, 3.63) is 38.4 Å². The van der Waals surface area contributed by atoms with Gasteiger partial charge in [0.2, 0.25) is 0 Å². The molecule has 0 spiro atoms. The number of hydrogen-bond donors (Lipinski definition) is 2. The molecule has 2 aromatic rings. The monoisotopic (exact) mass is 378 g/mol. The Bertz CT molecular complexity index is 786. The fourth-order valence-corrected chi connectivity index (χ4v) is 4.61. The number of ether oxygens (including phenoxy) is 1. The van der Waals surface area contributed by atoms with E-state index in [1.165, 1.54) is 33.1 Å². The van der Waals surface area contributed by atoms with Gasteiger partial charge in [0.05, 0.1) is 17.0 Å². The van der Waals surface area contributed by atoms with Crippen LogP contribution in [0.3, 0.4) is 0 Å². The van der Waals surface area contributed by atoms with Crippen molar-refractivity contribution >= 4 is 45.6 Å². The fourth-order valence-electron chi connectivity index (χ4n) is 2.68. The molecular formula is C17H18N2O4S2. The molecule has 1 aliphatic rings. The van der Waals surface area contributed by atoms with E-state index in [0.29, 0.717) is 9.88 Å². The van der Waals surface area contributed by atoms with Crippen molar-refractivity contribution in [3.8, 4) is 0 Å². The summed E-state index contributed by atoms with van der Waals surface area (Å²) in [5, 5.41) is 7.02. The van der Waals surface area contributed by atoms with Crippen LogP contribution in [0.5, 0.6) is 0 Å². The summed E-state index contributed by atoms with van der Waals surface area (Å²) in [6, 6.07) is 3.51. The highest BCUT2D eigenvalue weighted by Crippen LogP contribution is 2.31. The number of carbonyl (C=O) groups excluding carboxylic acids is 3. The highest BCUT2D eigenvalue weighted by Gasteiger charge is 2.21. The van der Waals surface area contributed by atoms with Gasteiger partial charge >= 0.3 is 6.09 Å². The molecule has 2 aromatic heterocycles. The van der Waals surface area contributed by atoms with Crippen LogP contribution in [-0.2, 0) is 17.6 Å². The van der Waals surface area contributed by atoms with E-state index in [1.807, 2.05) is 6.07 Å². The minimum Gasteiger partial charge on any atom is -0.450 e. The molecule has 3 rings (SSSR count). The van der Waals surface area contributed by atoms with E-state index in [9.17, 15) is 14.4 Å². The maximum atomic E-state index is 12.5. The van der Waals surface area contributed by atoms with E-state index < -0.39 is 12.0 Å². The number of rotatable bonds is 4. The molecule has 0 unspecified atom stereocenters. The first-order chi connectivity index (χ1) is 12.1. The Morgan fingerprint density at radius 1 is 1.20 bits per heavy atom. The number of imide groups is 1. The third-order valence-corrected chi connectivity index (χ3v) is 5.91. The molecule has 3 amide bonds. The van der Waals surface area contributed by atoms with Gasteiger partial charge in [-0.1, -0.05) is 0 Å². The van der Waals surface area contributed by atoms with E-state index in [4.69, 9.17) is 4.74 Å². The van der Waals surface area contributed by atoms with E-state index in [1.54, 1.807) is 18.4 Å². The van der Waals surface area contributed by atoms with Gasteiger partial charge < -0.3 is 10.1 Å². The lowest BCUT2D eigenvalue weighted by Gasteiger charge is -2.08. The van der Waals surface area contributed by atoms with Crippen molar-refractivity contribution in [3.63, 3.8) is 0 Å². The van der Waals surface area contributed by atoms with Crippen LogP contribution < -0.4 is 10.6 Å². The van der Waals surface area contributed by atoms with Crippen molar-refractivity contribution in [2.45, 2.75) is 32.6 Å². The Balaban J connectivity index is 1.70. The van der Waals surface area contributed by atoms with Crippen LogP contribution >= 0.6 is 22.7 Å². The molecule has 0 saturated carbocycles. The van der Waals surface area contributed by atoms with E-state index in [-0.39, 0.29) is 18.1 Å². The first kappa shape index (κ1) is 17.6. The second-order valence-electron chi connectivity index (χ2n) is 5.56. The molecule has 132 valence electrons. The smallest absolute Gasteiger partial charge is 0.414 e. The van der Waals surface area contributed by atoms with Crippen LogP contribution in [0.1, 0.15) is 50.2 Å². The van der Waals surface area contributed by atoms with Crippen LogP contribution in [-0.4, -0.2) is 24.5 Å². The van der Waals surface area contributed by atoms with E-state index in [0.717, 1.165) is 25.7 Å². The number of fused-ring (bicyclic) bond motifs is 1. The summed E-state index contributed by atoms with van der Waals surface area (Å²) in [6.45, 7) is 1.83. The molecule has 25 heavy (non-hydrogen) atoms. The summed E-state index contributed by atoms with van der Waals surface area (Å²) < 4.78 is 4.69. The summed E-state index contributed by atoms with van der Waals surface area (Å²) in [5.74, 6) is -0.826. The predicted molar refractivity (Wildman–Crippen MR) is 97.7 cm³/mol. The Morgan fingerprint density at radius 3 is 2.76 bits per heavy atom. The van der Waals surface area contributed by atoms with Gasteiger partial charge in [0, 0.05) is 4.88 Å². The molecule has 1 aliphatic carbocycles. The Morgan fingerprint density at radius 2 is 2.00 bits per heavy atom. The lowest BCUT2D eigenvalue weighted by Crippen LogP contribution is -2.31. The van der Waals surface area contributed by atoms with Crippen molar-refractivity contribution < 1.29 is 19.1 Å². The number of amides is 3. The van der Waals surface area contributed by atoms with Gasteiger partial charge in [-0.2, -0.15) is 0 Å². The zero-order valence-corrected chi connectivity index (χ0v) is 15.4. The average molecular weight is 378 g/mol. The van der Waals surface area contributed by atoms with Crippen LogP contribution in [0.2, 0.25) is 0 Å². The molecule has 0 bridgehead atoms. The number of aryl methyl sites for hydroxylation is 2. The summed E-state index contributed by atoms with van der Waals surface area (Å²) >= 11 is 2.75. The van der Waals surface area contributed by atoms with Gasteiger partial charge in [0.1, 0.15) is 5.00 Å². The van der Waals surface area contributed by atoms with Gasteiger partial charge in [-0.05, 0) is 55.7 Å². The Labute approximate surface area is 153 Å². The third-order valence-electron chi connectivity index (χ3n) is 3.85. The molecule has 6 nitrogen and oxygen atoms in total. The quantitative estimate of drug-likeness (QED) is 0.847. The zero-order valence-electron chi connectivity index (χ0n) is 13.7. The first-order valence-electron chi connectivity index (χ1n) is 8.07. The van der Waals surface area contributed by atoms with Crippen LogP contribution in [0.25, 0.3) is 0 Å². The molecule has 2 heterocycles. The fraction of sp³-hybridized carbons (Fsp3) is 0.353. The molecule has 0 fully saturated rings. The molecular weight excluding hydrogens is 360 g/mol. The first-order valence-corrected chi connectivity index (χ1v) is 9.76. The molecule has 0 aromatic carbocycles. The molecule has 0 atom stereocenters. The van der Waals surface area contributed by atoms with Gasteiger partial charge in [0.25, 0.3) is 11.8 Å². The van der Waals surface area contributed by atoms with E-state index in [2.05, 4.69) is 10.6 Å². The molecule has 0 aliphatic heterocycles. The second-order valence-corrected chi connectivity index (χ2v) is 7.61. The lowest BCUT2D eigenvalue weighted by molar-refractivity contribution is 0.0926. The predicted octanol–water partition coefficient (Wildman–Crippen LogP) is 3.83. The minimum absolute atomic E-state index is 0.176. The molecule has 8 heteroatoms. The van der Waals surface area contributed by atoms with Gasteiger partial charge in [-0.3, -0.25) is 14.9 Å². The van der Waals surface area contributed by atoms with E-state index >= 15 is 0 Å². The third kappa shape index (κ3) is 4.08. The van der Waals surface area contributed by atoms with Crippen molar-refractivity contribution in [1.29, 1.82) is 0 Å². The minimum atomic E-state index is -0.804. The number of alkyl carbamates (subject to hydrolysis) is 1. The SMILES string of the molecule is CCOC(=O)NC(=O)c1ccsc1NC(=O)c1cc2c(s1)CCCC2. The highest BCUT2D eigenvalue weighted by molar-refractivity contribution is 7.15. The lowest BCUT2D eigenvalue weighted by atomic mass is 9.99. The van der Waals surface area contributed by atoms with Crippen molar-refractivity contribution in [2.24, 2.45) is 0 Å². The standard InChI is InChI=1S/C17H18N2O4S2/c1-2-23-17(22)19-14(20)11-7-8-24-16(11)18-15(21)13-9-10-5-3-4-6-12(10)25-13/h7-9H,2-6H2,1H3,(H,18,21)(H,19,20,22). The highest BCUT2D eigenvalue weighted by atomic mass is 32.1. The largest absolute Gasteiger partial charge is 0.450 e. The number of anilines is 1. The molecule has 0 saturated heterocycles. The maximum absolute atomic E-state index is 12.5.